The van der Waals surface area contributed by atoms with E-state index in [9.17, 15) is 0 Å². The molecule has 0 amide bonds. The van der Waals surface area contributed by atoms with Gasteiger partial charge < -0.3 is 0 Å². The highest BCUT2D eigenvalue weighted by molar-refractivity contribution is 14.1. The molecule has 0 aliphatic rings. The molecule has 0 aromatic carbocycles. The van der Waals surface area contributed by atoms with Crippen LogP contribution in [0.1, 0.15) is 0 Å². The van der Waals surface area contributed by atoms with Crippen molar-refractivity contribution < 1.29 is 0 Å². The molecule has 0 aromatic heterocycles. The molecule has 8 heavy (non-hydrogen) atoms. The van der Waals surface area contributed by atoms with Gasteiger partial charge in [0.15, 0.2) is 0 Å². The van der Waals surface area contributed by atoms with Gasteiger partial charge in [0, 0.05) is 7.05 Å². The van der Waals surface area contributed by atoms with Crippen LogP contribution in [0.2, 0.25) is 0 Å². The summed E-state index contributed by atoms with van der Waals surface area (Å²) in [5.74, 6) is 0. The lowest BCUT2D eigenvalue weighted by atomic mass is 10.5. The Morgan fingerprint density at radius 1 is 1.75 bits per heavy atom. The van der Waals surface area contributed by atoms with E-state index in [4.69, 9.17) is 0 Å². The van der Waals surface area contributed by atoms with Gasteiger partial charge in [0.05, 0.1) is 3.72 Å². The minimum absolute atomic E-state index is 0.988. The molecule has 0 fully saturated rings. The molecule has 0 aliphatic heterocycles. The molecular formula is C6H8IN. The van der Waals surface area contributed by atoms with Gasteiger partial charge in [-0.1, -0.05) is 18.7 Å². The van der Waals surface area contributed by atoms with Crippen molar-refractivity contribution in [2.24, 2.45) is 4.99 Å². The predicted molar refractivity (Wildman–Crippen MR) is 46.7 cm³/mol. The normalized spacial score (nSPS) is 12.5. The lowest BCUT2D eigenvalue weighted by molar-refractivity contribution is 1.47. The Balaban J connectivity index is 3.69. The van der Waals surface area contributed by atoms with E-state index < -0.39 is 0 Å². The Labute approximate surface area is 63.3 Å². The number of aliphatic imine (C=N–C) groups is 1. The van der Waals surface area contributed by atoms with Gasteiger partial charge in [-0.05, 0) is 28.7 Å². The number of hydrogen-bond acceptors (Lipinski definition) is 1. The van der Waals surface area contributed by atoms with Crippen molar-refractivity contribution in [1.82, 2.24) is 0 Å². The zero-order chi connectivity index (χ0) is 6.41. The van der Waals surface area contributed by atoms with E-state index in [2.05, 4.69) is 34.2 Å². The van der Waals surface area contributed by atoms with Crippen LogP contribution in [0.3, 0.4) is 0 Å². The van der Waals surface area contributed by atoms with Gasteiger partial charge in [0.1, 0.15) is 0 Å². The van der Waals surface area contributed by atoms with E-state index in [1.165, 1.54) is 0 Å². The van der Waals surface area contributed by atoms with Gasteiger partial charge in [-0.25, -0.2) is 0 Å². The summed E-state index contributed by atoms with van der Waals surface area (Å²) in [5, 5.41) is 0. The van der Waals surface area contributed by atoms with Gasteiger partial charge in [-0.3, -0.25) is 4.99 Å². The van der Waals surface area contributed by atoms with Gasteiger partial charge in [-0.15, -0.1) is 0 Å². The first-order valence-corrected chi connectivity index (χ1v) is 3.30. The lowest BCUT2D eigenvalue weighted by Gasteiger charge is -1.79. The third kappa shape index (κ3) is 4.05. The van der Waals surface area contributed by atoms with Crippen molar-refractivity contribution in [3.63, 3.8) is 0 Å². The minimum atomic E-state index is 0.988. The van der Waals surface area contributed by atoms with Crippen LogP contribution < -0.4 is 0 Å². The fraction of sp³-hybridized carbons (Fsp3) is 0.167. The highest BCUT2D eigenvalue weighted by Crippen LogP contribution is 1.90. The SMILES string of the molecule is C=C/C=C\C(I)=N/C. The van der Waals surface area contributed by atoms with Crippen LogP contribution in [-0.4, -0.2) is 10.8 Å². The summed E-state index contributed by atoms with van der Waals surface area (Å²) in [7, 11) is 1.76. The molecule has 44 valence electrons. The lowest BCUT2D eigenvalue weighted by Crippen LogP contribution is -1.73. The summed E-state index contributed by atoms with van der Waals surface area (Å²) < 4.78 is 0.988. The van der Waals surface area contributed by atoms with Crippen molar-refractivity contribution in [3.05, 3.63) is 24.8 Å². The first kappa shape index (κ1) is 7.88. The Kier molecular flexibility index (Phi) is 4.95. The first-order chi connectivity index (χ1) is 3.81. The standard InChI is InChI=1S/C6H8IN/c1-3-4-5-6(7)8-2/h3-5H,1H2,2H3/b5-4-,8-6+. The summed E-state index contributed by atoms with van der Waals surface area (Å²) in [6, 6.07) is 0. The molecule has 0 N–H and O–H groups in total. The molecule has 0 unspecified atom stereocenters. The average molecular weight is 221 g/mol. The Morgan fingerprint density at radius 2 is 2.38 bits per heavy atom. The fourth-order valence-electron chi connectivity index (χ4n) is 0.222. The minimum Gasteiger partial charge on any atom is -0.282 e. The highest BCUT2D eigenvalue weighted by atomic mass is 127. The number of rotatable bonds is 2. The van der Waals surface area contributed by atoms with Crippen LogP contribution >= 0.6 is 22.6 Å². The molecule has 0 heterocycles. The molecule has 0 aliphatic carbocycles. The monoisotopic (exact) mass is 221 g/mol. The first-order valence-electron chi connectivity index (χ1n) is 2.22. The molecule has 0 spiro atoms. The topological polar surface area (TPSA) is 12.4 Å². The van der Waals surface area contributed by atoms with Gasteiger partial charge in [0.2, 0.25) is 0 Å². The van der Waals surface area contributed by atoms with Gasteiger partial charge in [0.25, 0.3) is 0 Å². The van der Waals surface area contributed by atoms with Crippen LogP contribution in [0.25, 0.3) is 0 Å². The summed E-state index contributed by atoms with van der Waals surface area (Å²) in [6.45, 7) is 3.52. The smallest absolute Gasteiger partial charge is 0.0950 e. The summed E-state index contributed by atoms with van der Waals surface area (Å²) >= 11 is 2.14. The van der Waals surface area contributed by atoms with Crippen molar-refractivity contribution >= 4 is 26.3 Å². The number of allylic oxidation sites excluding steroid dienone is 3. The Bertz CT molecular complexity index is 124. The molecule has 0 radical (unpaired) electrons. The van der Waals surface area contributed by atoms with Crippen LogP contribution in [0.4, 0.5) is 0 Å². The quantitative estimate of drug-likeness (QED) is 0.385. The molecule has 0 rings (SSSR count). The largest absolute Gasteiger partial charge is 0.282 e. The number of nitrogens with zero attached hydrogens (tertiary/aromatic N) is 1. The van der Waals surface area contributed by atoms with Crippen LogP contribution in [0, 0.1) is 0 Å². The van der Waals surface area contributed by atoms with Crippen molar-refractivity contribution in [2.45, 2.75) is 0 Å². The van der Waals surface area contributed by atoms with Crippen LogP contribution in [-0.2, 0) is 0 Å². The predicted octanol–water partition coefficient (Wildman–Crippen LogP) is 2.19. The van der Waals surface area contributed by atoms with E-state index in [1.54, 1.807) is 13.1 Å². The highest BCUT2D eigenvalue weighted by Gasteiger charge is 1.75. The van der Waals surface area contributed by atoms with Crippen LogP contribution in [0.5, 0.6) is 0 Å². The Hall–Kier alpha value is -0.120. The van der Waals surface area contributed by atoms with E-state index in [1.807, 2.05) is 12.2 Å². The van der Waals surface area contributed by atoms with Crippen molar-refractivity contribution in [3.8, 4) is 0 Å². The van der Waals surface area contributed by atoms with E-state index >= 15 is 0 Å². The molecule has 0 atom stereocenters. The molecular weight excluding hydrogens is 213 g/mol. The van der Waals surface area contributed by atoms with Gasteiger partial charge >= 0.3 is 0 Å². The second-order valence-corrected chi connectivity index (χ2v) is 2.25. The van der Waals surface area contributed by atoms with E-state index in [-0.39, 0.29) is 0 Å². The second-order valence-electron chi connectivity index (χ2n) is 1.14. The molecule has 0 bridgehead atoms. The number of hydrogen-bond donors (Lipinski definition) is 0. The zero-order valence-electron chi connectivity index (χ0n) is 4.76. The summed E-state index contributed by atoms with van der Waals surface area (Å²) in [6.07, 6.45) is 5.48. The third-order valence-corrected chi connectivity index (χ3v) is 1.43. The molecule has 0 saturated heterocycles. The zero-order valence-corrected chi connectivity index (χ0v) is 6.92. The fourth-order valence-corrected chi connectivity index (χ4v) is 0.430. The van der Waals surface area contributed by atoms with Crippen molar-refractivity contribution in [1.29, 1.82) is 0 Å². The molecule has 0 aromatic rings. The Morgan fingerprint density at radius 3 is 2.75 bits per heavy atom. The van der Waals surface area contributed by atoms with Crippen LogP contribution in [0.15, 0.2) is 29.8 Å². The molecule has 0 saturated carbocycles. The van der Waals surface area contributed by atoms with E-state index in [0.717, 1.165) is 3.72 Å². The average Bonchev–Trinajstić information content (AvgIpc) is 1.83. The third-order valence-electron chi connectivity index (χ3n) is 0.583. The van der Waals surface area contributed by atoms with E-state index in [0.29, 0.717) is 0 Å². The summed E-state index contributed by atoms with van der Waals surface area (Å²) in [4.78, 5) is 3.89. The maximum Gasteiger partial charge on any atom is 0.0950 e. The second kappa shape index (κ2) is 5.03. The maximum absolute atomic E-state index is 3.89. The van der Waals surface area contributed by atoms with Crippen molar-refractivity contribution in [2.75, 3.05) is 7.05 Å². The number of halogens is 1. The molecule has 1 nitrogen and oxygen atoms in total. The molecule has 2 heteroatoms. The summed E-state index contributed by atoms with van der Waals surface area (Å²) in [5.41, 5.74) is 0. The maximum atomic E-state index is 3.89. The van der Waals surface area contributed by atoms with Gasteiger partial charge in [-0.2, -0.15) is 0 Å².